The highest BCUT2D eigenvalue weighted by atomic mass is 16.6. The van der Waals surface area contributed by atoms with Gasteiger partial charge in [0.05, 0.1) is 35.3 Å². The van der Waals surface area contributed by atoms with Crippen LogP contribution in [0.15, 0.2) is 18.2 Å². The highest BCUT2D eigenvalue weighted by Gasteiger charge is 2.16. The lowest BCUT2D eigenvalue weighted by Gasteiger charge is -2.11. The minimum atomic E-state index is -0.590. The fourth-order valence-corrected chi connectivity index (χ4v) is 1.67. The molecule has 0 radical (unpaired) electrons. The van der Waals surface area contributed by atoms with Crippen molar-refractivity contribution in [1.82, 2.24) is 5.32 Å². The molecule has 1 rings (SSSR count). The standard InChI is InChI=1S/C14H16N4O3/c1-2-6-17-12(10-16)5-7-21-14-4-3-11(9-15)8-13(14)18(19)20/h3-4,8,12,17H,2,5-7H2,1H3. The molecule has 0 aromatic heterocycles. The quantitative estimate of drug-likeness (QED) is 0.579. The van der Waals surface area contributed by atoms with Gasteiger partial charge in [0, 0.05) is 12.5 Å². The lowest BCUT2D eigenvalue weighted by molar-refractivity contribution is -0.385. The molecule has 0 saturated heterocycles. The lowest BCUT2D eigenvalue weighted by Crippen LogP contribution is -2.29. The fraction of sp³-hybridized carbons (Fsp3) is 0.429. The number of rotatable bonds is 8. The predicted molar refractivity (Wildman–Crippen MR) is 75.6 cm³/mol. The zero-order valence-corrected chi connectivity index (χ0v) is 11.7. The van der Waals surface area contributed by atoms with Crippen molar-refractivity contribution in [2.45, 2.75) is 25.8 Å². The number of nitro groups is 1. The largest absolute Gasteiger partial charge is 0.487 e. The van der Waals surface area contributed by atoms with Gasteiger partial charge in [-0.05, 0) is 25.1 Å². The highest BCUT2D eigenvalue weighted by molar-refractivity contribution is 5.51. The summed E-state index contributed by atoms with van der Waals surface area (Å²) >= 11 is 0. The fourth-order valence-electron chi connectivity index (χ4n) is 1.67. The second kappa shape index (κ2) is 8.51. The van der Waals surface area contributed by atoms with Gasteiger partial charge in [-0.3, -0.25) is 10.1 Å². The number of nitriles is 2. The maximum atomic E-state index is 10.9. The van der Waals surface area contributed by atoms with Gasteiger partial charge < -0.3 is 10.1 Å². The van der Waals surface area contributed by atoms with E-state index in [4.69, 9.17) is 15.3 Å². The molecule has 1 atom stereocenters. The molecule has 1 N–H and O–H groups in total. The molecule has 0 aliphatic heterocycles. The molecular weight excluding hydrogens is 272 g/mol. The molecule has 0 aliphatic carbocycles. The first-order valence-corrected chi connectivity index (χ1v) is 6.56. The lowest BCUT2D eigenvalue weighted by atomic mass is 10.2. The third-order valence-electron chi connectivity index (χ3n) is 2.75. The van der Waals surface area contributed by atoms with Crippen molar-refractivity contribution in [3.8, 4) is 17.9 Å². The van der Waals surface area contributed by atoms with E-state index in [1.165, 1.54) is 18.2 Å². The van der Waals surface area contributed by atoms with E-state index in [0.29, 0.717) is 6.42 Å². The van der Waals surface area contributed by atoms with Crippen molar-refractivity contribution in [2.24, 2.45) is 0 Å². The Balaban J connectivity index is 2.65. The van der Waals surface area contributed by atoms with Crippen LogP contribution in [0.5, 0.6) is 5.75 Å². The normalized spacial score (nSPS) is 11.2. The topological polar surface area (TPSA) is 112 Å². The summed E-state index contributed by atoms with van der Waals surface area (Å²) in [6.45, 7) is 2.91. The van der Waals surface area contributed by atoms with Gasteiger partial charge in [0.1, 0.15) is 0 Å². The van der Waals surface area contributed by atoms with Crippen LogP contribution in [0.4, 0.5) is 5.69 Å². The Bertz CT molecular complexity index is 575. The van der Waals surface area contributed by atoms with Gasteiger partial charge in [-0.2, -0.15) is 10.5 Å². The van der Waals surface area contributed by atoms with Crippen LogP contribution in [-0.4, -0.2) is 24.1 Å². The van der Waals surface area contributed by atoms with E-state index in [9.17, 15) is 10.1 Å². The van der Waals surface area contributed by atoms with Crippen molar-refractivity contribution in [2.75, 3.05) is 13.2 Å². The third kappa shape index (κ3) is 5.09. The summed E-state index contributed by atoms with van der Waals surface area (Å²) in [5.41, 5.74) is -0.0439. The molecule has 7 heteroatoms. The Morgan fingerprint density at radius 2 is 2.24 bits per heavy atom. The van der Waals surface area contributed by atoms with Crippen LogP contribution in [0.25, 0.3) is 0 Å². The zero-order chi connectivity index (χ0) is 15.7. The van der Waals surface area contributed by atoms with Gasteiger partial charge in [0.2, 0.25) is 0 Å². The Morgan fingerprint density at radius 1 is 1.48 bits per heavy atom. The first-order valence-electron chi connectivity index (χ1n) is 6.56. The first-order chi connectivity index (χ1) is 10.1. The Hall–Kier alpha value is -2.64. The van der Waals surface area contributed by atoms with Crippen LogP contribution in [-0.2, 0) is 0 Å². The first kappa shape index (κ1) is 16.4. The van der Waals surface area contributed by atoms with Crippen molar-refractivity contribution in [1.29, 1.82) is 10.5 Å². The van der Waals surface area contributed by atoms with E-state index in [1.807, 2.05) is 13.0 Å². The van der Waals surface area contributed by atoms with Crippen LogP contribution in [0.3, 0.4) is 0 Å². The molecule has 1 aromatic rings. The van der Waals surface area contributed by atoms with E-state index >= 15 is 0 Å². The average Bonchev–Trinajstić information content (AvgIpc) is 2.50. The summed E-state index contributed by atoms with van der Waals surface area (Å²) in [5, 5.41) is 31.7. The molecule has 1 aromatic carbocycles. The van der Waals surface area contributed by atoms with Crippen molar-refractivity contribution < 1.29 is 9.66 Å². The van der Waals surface area contributed by atoms with Gasteiger partial charge in [-0.15, -0.1) is 0 Å². The van der Waals surface area contributed by atoms with Crippen LogP contribution in [0, 0.1) is 32.8 Å². The van der Waals surface area contributed by atoms with Crippen LogP contribution in [0.1, 0.15) is 25.3 Å². The van der Waals surface area contributed by atoms with E-state index in [0.717, 1.165) is 13.0 Å². The van der Waals surface area contributed by atoms with Crippen molar-refractivity contribution in [3.63, 3.8) is 0 Å². The second-order valence-corrected chi connectivity index (χ2v) is 4.32. The average molecular weight is 288 g/mol. The molecule has 0 amide bonds. The molecule has 0 bridgehead atoms. The molecular formula is C14H16N4O3. The Labute approximate surface area is 122 Å². The van der Waals surface area contributed by atoms with Gasteiger partial charge >= 0.3 is 5.69 Å². The number of nitrogens with zero attached hydrogens (tertiary/aromatic N) is 3. The molecule has 21 heavy (non-hydrogen) atoms. The molecule has 0 fully saturated rings. The van der Waals surface area contributed by atoms with Gasteiger partial charge in [-0.25, -0.2) is 0 Å². The van der Waals surface area contributed by atoms with E-state index in [2.05, 4.69) is 11.4 Å². The van der Waals surface area contributed by atoms with Crippen LogP contribution in [0.2, 0.25) is 0 Å². The Morgan fingerprint density at radius 3 is 2.81 bits per heavy atom. The van der Waals surface area contributed by atoms with E-state index < -0.39 is 4.92 Å². The van der Waals surface area contributed by atoms with Crippen LogP contribution < -0.4 is 10.1 Å². The molecule has 110 valence electrons. The Kier molecular flexibility index (Phi) is 6.66. The van der Waals surface area contributed by atoms with Crippen molar-refractivity contribution in [3.05, 3.63) is 33.9 Å². The summed E-state index contributed by atoms with van der Waals surface area (Å²) in [7, 11) is 0. The number of nitro benzene ring substituents is 1. The monoisotopic (exact) mass is 288 g/mol. The number of ether oxygens (including phenoxy) is 1. The summed E-state index contributed by atoms with van der Waals surface area (Å²) in [6, 6.07) is 7.64. The maximum absolute atomic E-state index is 10.9. The number of benzene rings is 1. The number of hydrogen-bond acceptors (Lipinski definition) is 6. The smallest absolute Gasteiger partial charge is 0.312 e. The summed E-state index contributed by atoms with van der Waals surface area (Å²) < 4.78 is 5.37. The molecule has 0 saturated carbocycles. The van der Waals surface area contributed by atoms with E-state index in [1.54, 1.807) is 0 Å². The van der Waals surface area contributed by atoms with Crippen LogP contribution >= 0.6 is 0 Å². The number of nitrogens with one attached hydrogen (secondary N) is 1. The summed E-state index contributed by atoms with van der Waals surface area (Å²) in [4.78, 5) is 10.3. The minimum absolute atomic E-state index is 0.103. The van der Waals surface area contributed by atoms with Gasteiger partial charge in [0.25, 0.3) is 0 Å². The molecule has 0 aliphatic rings. The number of hydrogen-bond donors (Lipinski definition) is 1. The zero-order valence-electron chi connectivity index (χ0n) is 11.7. The SMILES string of the molecule is CCCNC(C#N)CCOc1ccc(C#N)cc1[N+](=O)[O-]. The minimum Gasteiger partial charge on any atom is -0.487 e. The van der Waals surface area contributed by atoms with Gasteiger partial charge in [0.15, 0.2) is 5.75 Å². The summed E-state index contributed by atoms with van der Waals surface area (Å²) in [6.07, 6.45) is 1.34. The van der Waals surface area contributed by atoms with Crippen molar-refractivity contribution >= 4 is 5.69 Å². The molecule has 0 heterocycles. The molecule has 1 unspecified atom stereocenters. The third-order valence-corrected chi connectivity index (χ3v) is 2.75. The second-order valence-electron chi connectivity index (χ2n) is 4.32. The summed E-state index contributed by atoms with van der Waals surface area (Å²) in [5.74, 6) is 0.103. The predicted octanol–water partition coefficient (Wildman–Crippen LogP) is 2.13. The maximum Gasteiger partial charge on any atom is 0.312 e. The molecule has 0 spiro atoms. The van der Waals surface area contributed by atoms with E-state index in [-0.39, 0.29) is 29.6 Å². The van der Waals surface area contributed by atoms with Gasteiger partial charge in [-0.1, -0.05) is 6.92 Å². The molecule has 7 nitrogen and oxygen atoms in total. The highest BCUT2D eigenvalue weighted by Crippen LogP contribution is 2.27.